The quantitative estimate of drug-likeness (QED) is 0.0642. The van der Waals surface area contributed by atoms with E-state index in [0.29, 0.717) is 32.8 Å². The highest BCUT2D eigenvalue weighted by Crippen LogP contribution is 2.44. The second-order valence-corrected chi connectivity index (χ2v) is 9.80. The molecule has 0 spiro atoms. The van der Waals surface area contributed by atoms with Crippen molar-refractivity contribution in [3.05, 3.63) is 37.6 Å². The lowest BCUT2D eigenvalue weighted by Crippen LogP contribution is -2.52. The number of ether oxygens (including phenoxy) is 5. The van der Waals surface area contributed by atoms with Crippen molar-refractivity contribution in [2.75, 3.05) is 40.6 Å². The molecule has 1 fully saturated rings. The fourth-order valence-corrected chi connectivity index (χ4v) is 4.99. The largest absolute Gasteiger partial charge is 0.473 e. The van der Waals surface area contributed by atoms with E-state index >= 15 is 0 Å². The first kappa shape index (κ1) is 33.2. The molecule has 1 rings (SSSR count). The maximum absolute atomic E-state index is 6.38. The molecule has 1 aliphatic heterocycles. The van der Waals surface area contributed by atoms with Crippen LogP contribution in [0.4, 0.5) is 0 Å². The van der Waals surface area contributed by atoms with Crippen LogP contribution in [0.5, 0.6) is 0 Å². The number of allylic oxidation sites excluding steroid dienone is 1. The van der Waals surface area contributed by atoms with Gasteiger partial charge in [0.1, 0.15) is 12.2 Å². The maximum atomic E-state index is 6.38. The topological polar surface area (TPSA) is 73.8 Å². The van der Waals surface area contributed by atoms with Crippen molar-refractivity contribution in [1.29, 1.82) is 0 Å². The molecule has 1 aliphatic rings. The highest BCUT2D eigenvalue weighted by molar-refractivity contribution is 7.41. The van der Waals surface area contributed by atoms with Gasteiger partial charge in [-0.05, 0) is 19.8 Å². The number of rotatable bonds is 23. The average molecular weight is 533 g/mol. The Morgan fingerprint density at radius 1 is 1.03 bits per heavy atom. The van der Waals surface area contributed by atoms with Gasteiger partial charge < -0.3 is 37.3 Å². The van der Waals surface area contributed by atoms with Gasteiger partial charge >= 0.3 is 8.60 Å². The van der Waals surface area contributed by atoms with Gasteiger partial charge in [-0.25, -0.2) is 0 Å². The van der Waals surface area contributed by atoms with E-state index in [0.717, 1.165) is 12.8 Å². The monoisotopic (exact) mass is 532 g/mol. The first-order chi connectivity index (χ1) is 17.6. The summed E-state index contributed by atoms with van der Waals surface area (Å²) in [5, 5.41) is 0. The second-order valence-electron chi connectivity index (χ2n) is 8.62. The molecule has 0 bridgehead atoms. The summed E-state index contributed by atoms with van der Waals surface area (Å²) in [6.45, 7) is 13.0. The zero-order chi connectivity index (χ0) is 26.4. The molecule has 210 valence electrons. The van der Waals surface area contributed by atoms with Crippen molar-refractivity contribution in [3.8, 4) is 0 Å². The Hall–Kier alpha value is -0.830. The lowest BCUT2D eigenvalue weighted by molar-refractivity contribution is -0.247. The smallest absolute Gasteiger partial charge is 0.333 e. The SMILES string of the molecule is C=CCOP(OCC=C)O[C@H]1C(OCCC(CCCCCCC)OC)C[C@@H](O/C=C\C)OC1COC. The summed E-state index contributed by atoms with van der Waals surface area (Å²) in [4.78, 5) is 0. The van der Waals surface area contributed by atoms with Crippen LogP contribution < -0.4 is 0 Å². The van der Waals surface area contributed by atoms with Gasteiger partial charge in [0.05, 0.1) is 38.3 Å². The van der Waals surface area contributed by atoms with Crippen molar-refractivity contribution >= 4 is 8.60 Å². The lowest BCUT2D eigenvalue weighted by Gasteiger charge is -2.41. The van der Waals surface area contributed by atoms with Crippen molar-refractivity contribution < 1.29 is 37.3 Å². The Bertz CT molecular complexity index is 564. The van der Waals surface area contributed by atoms with E-state index in [1.165, 1.54) is 32.1 Å². The summed E-state index contributed by atoms with van der Waals surface area (Å²) in [5.74, 6) is 0. The first-order valence-corrected chi connectivity index (χ1v) is 14.2. The fourth-order valence-electron chi connectivity index (χ4n) is 3.87. The highest BCUT2D eigenvalue weighted by Gasteiger charge is 2.43. The average Bonchev–Trinajstić information content (AvgIpc) is 2.89. The standard InChI is InChI=1S/C27H49O8P/c1-7-11-12-13-14-15-23(29-6)16-20-30-24-21-26(31-17-8-2)34-25(22-28-5)27(24)35-36(32-18-9-3)33-19-10-4/h8-10,17,23-27H,3-4,7,11-16,18-22H2,1-2,5-6H3/b17-8-/t23?,24?,25?,26-,27-/m0/s1. The van der Waals surface area contributed by atoms with E-state index in [1.54, 1.807) is 32.6 Å². The molecule has 3 unspecified atom stereocenters. The highest BCUT2D eigenvalue weighted by atomic mass is 31.2. The predicted octanol–water partition coefficient (Wildman–Crippen LogP) is 6.47. The van der Waals surface area contributed by atoms with E-state index in [1.807, 2.05) is 13.0 Å². The van der Waals surface area contributed by atoms with E-state index in [4.69, 9.17) is 37.3 Å². The summed E-state index contributed by atoms with van der Waals surface area (Å²) in [6.07, 6.45) is 13.8. The van der Waals surface area contributed by atoms with Crippen LogP contribution in [-0.4, -0.2) is 71.4 Å². The lowest BCUT2D eigenvalue weighted by atomic mass is 10.0. The van der Waals surface area contributed by atoms with Gasteiger partial charge in [0.15, 0.2) is 0 Å². The third-order valence-corrected chi connectivity index (χ3v) is 6.86. The van der Waals surface area contributed by atoms with Crippen LogP contribution in [0.15, 0.2) is 37.6 Å². The summed E-state index contributed by atoms with van der Waals surface area (Å²) in [5.41, 5.74) is 0. The molecule has 8 nitrogen and oxygen atoms in total. The Morgan fingerprint density at radius 3 is 2.36 bits per heavy atom. The summed E-state index contributed by atoms with van der Waals surface area (Å²) in [6, 6.07) is 0. The molecular formula is C27H49O8P. The molecule has 9 heteroatoms. The molecule has 0 aromatic rings. The van der Waals surface area contributed by atoms with E-state index < -0.39 is 27.1 Å². The van der Waals surface area contributed by atoms with Crippen LogP contribution in [0.25, 0.3) is 0 Å². The van der Waals surface area contributed by atoms with Crippen LogP contribution in [0, 0.1) is 0 Å². The molecule has 36 heavy (non-hydrogen) atoms. The molecule has 0 aromatic carbocycles. The molecule has 0 radical (unpaired) electrons. The molecule has 1 heterocycles. The van der Waals surface area contributed by atoms with Gasteiger partial charge in [0.25, 0.3) is 0 Å². The van der Waals surface area contributed by atoms with Crippen LogP contribution in [0.2, 0.25) is 0 Å². The third-order valence-electron chi connectivity index (χ3n) is 5.72. The van der Waals surface area contributed by atoms with E-state index in [9.17, 15) is 0 Å². The second kappa shape index (κ2) is 22.2. The van der Waals surface area contributed by atoms with Crippen LogP contribution >= 0.6 is 8.60 Å². The van der Waals surface area contributed by atoms with Crippen LogP contribution in [0.3, 0.4) is 0 Å². The van der Waals surface area contributed by atoms with Gasteiger partial charge in [-0.2, -0.15) is 0 Å². The minimum absolute atomic E-state index is 0.166. The number of hydrogen-bond donors (Lipinski definition) is 0. The number of unbranched alkanes of at least 4 members (excludes halogenated alkanes) is 4. The predicted molar refractivity (Wildman–Crippen MR) is 144 cm³/mol. The van der Waals surface area contributed by atoms with Crippen LogP contribution in [0.1, 0.15) is 65.2 Å². The van der Waals surface area contributed by atoms with Gasteiger partial charge in [0, 0.05) is 27.2 Å². The number of methoxy groups -OCH3 is 2. The molecule has 0 aromatic heterocycles. The maximum Gasteiger partial charge on any atom is 0.333 e. The minimum Gasteiger partial charge on any atom is -0.473 e. The Balaban J connectivity index is 2.84. The molecule has 5 atom stereocenters. The van der Waals surface area contributed by atoms with Gasteiger partial charge in [-0.3, -0.25) is 0 Å². The zero-order valence-corrected chi connectivity index (χ0v) is 23.7. The third kappa shape index (κ3) is 14.2. The van der Waals surface area contributed by atoms with Gasteiger partial charge in [-0.15, -0.1) is 13.2 Å². The van der Waals surface area contributed by atoms with E-state index in [-0.39, 0.29) is 12.2 Å². The summed E-state index contributed by atoms with van der Waals surface area (Å²) >= 11 is 0. The first-order valence-electron chi connectivity index (χ1n) is 13.1. The van der Waals surface area contributed by atoms with Crippen molar-refractivity contribution in [1.82, 2.24) is 0 Å². The van der Waals surface area contributed by atoms with Crippen LogP contribution in [-0.2, 0) is 37.3 Å². The summed E-state index contributed by atoms with van der Waals surface area (Å²) < 4.78 is 47.2. The normalized spacial score (nSPS) is 23.2. The van der Waals surface area contributed by atoms with Crippen molar-refractivity contribution in [3.63, 3.8) is 0 Å². The van der Waals surface area contributed by atoms with E-state index in [2.05, 4.69) is 20.1 Å². The Labute approximate surface area is 220 Å². The molecule has 1 saturated heterocycles. The molecular weight excluding hydrogens is 483 g/mol. The van der Waals surface area contributed by atoms with Gasteiger partial charge in [-0.1, -0.05) is 57.3 Å². The van der Waals surface area contributed by atoms with Crippen molar-refractivity contribution in [2.45, 2.75) is 95.9 Å². The minimum atomic E-state index is -1.67. The summed E-state index contributed by atoms with van der Waals surface area (Å²) in [7, 11) is 1.73. The molecule has 0 N–H and O–H groups in total. The Morgan fingerprint density at radius 2 is 1.75 bits per heavy atom. The fraction of sp³-hybridized carbons (Fsp3) is 0.778. The van der Waals surface area contributed by atoms with Crippen molar-refractivity contribution in [2.24, 2.45) is 0 Å². The molecule has 0 amide bonds. The zero-order valence-electron chi connectivity index (χ0n) is 22.8. The Kier molecular flexibility index (Phi) is 20.5. The van der Waals surface area contributed by atoms with Gasteiger partial charge in [0.2, 0.25) is 6.29 Å². The molecule has 0 saturated carbocycles. The molecule has 0 aliphatic carbocycles. The number of hydrogen-bond acceptors (Lipinski definition) is 8.